The van der Waals surface area contributed by atoms with Crippen LogP contribution >= 0.6 is 0 Å². The maximum absolute atomic E-state index is 5.13. The van der Waals surface area contributed by atoms with E-state index in [1.54, 1.807) is 0 Å². The molecule has 0 radical (unpaired) electrons. The smallest absolute Gasteiger partial charge is 0.160 e. The Kier molecular flexibility index (Phi) is 9.52. The third kappa shape index (κ3) is 6.87. The van der Waals surface area contributed by atoms with E-state index in [2.05, 4.69) is 205 Å². The van der Waals surface area contributed by atoms with Gasteiger partial charge in [0.25, 0.3) is 0 Å². The van der Waals surface area contributed by atoms with Crippen molar-refractivity contribution in [3.05, 3.63) is 247 Å². The topological polar surface area (TPSA) is 30.7 Å². The number of para-hydroxylation sites is 1. The van der Waals surface area contributed by atoms with E-state index in [0.717, 1.165) is 58.7 Å². The number of hydrogen-bond acceptors (Lipinski definition) is 2. The first-order chi connectivity index (χ1) is 31.7. The molecule has 10 aromatic rings. The van der Waals surface area contributed by atoms with Gasteiger partial charge in [0.15, 0.2) is 5.82 Å². The maximum atomic E-state index is 5.13. The number of benzene rings is 8. The molecular formula is C61H45N3. The molecule has 0 saturated carbocycles. The SMILES string of the molecule is C1=CC(c2ccc3c(c2)CCC(c2ccccc2)c2ccccc2-3)CC(n2c3ccccc3c3cc(-c4cccc(-c5cc(-c6ccccc6)nc(-c6ccccc6)n5)c4)ccc32)=C1. The van der Waals surface area contributed by atoms with Gasteiger partial charge in [-0.3, -0.25) is 0 Å². The molecule has 3 heteroatoms. The molecule has 304 valence electrons. The zero-order valence-corrected chi connectivity index (χ0v) is 35.5. The second-order valence-electron chi connectivity index (χ2n) is 17.2. The lowest BCUT2D eigenvalue weighted by Crippen LogP contribution is -2.06. The van der Waals surface area contributed by atoms with Crippen molar-refractivity contribution in [2.45, 2.75) is 31.1 Å². The predicted molar refractivity (Wildman–Crippen MR) is 266 cm³/mol. The van der Waals surface area contributed by atoms with E-state index in [0.29, 0.717) is 5.92 Å². The Morgan fingerprint density at radius 3 is 1.97 bits per heavy atom. The molecule has 0 saturated heterocycles. The largest absolute Gasteiger partial charge is 0.313 e. The fourth-order valence-electron chi connectivity index (χ4n) is 10.3. The molecule has 2 unspecified atom stereocenters. The van der Waals surface area contributed by atoms with E-state index in [1.165, 1.54) is 66.4 Å². The highest BCUT2D eigenvalue weighted by Gasteiger charge is 2.26. The summed E-state index contributed by atoms with van der Waals surface area (Å²) in [4.78, 5) is 10.2. The summed E-state index contributed by atoms with van der Waals surface area (Å²) >= 11 is 0. The predicted octanol–water partition coefficient (Wildman–Crippen LogP) is 15.6. The van der Waals surface area contributed by atoms with Gasteiger partial charge >= 0.3 is 0 Å². The number of allylic oxidation sites excluding steroid dienone is 4. The average Bonchev–Trinajstić information content (AvgIpc) is 3.61. The summed E-state index contributed by atoms with van der Waals surface area (Å²) in [6.45, 7) is 0. The zero-order chi connectivity index (χ0) is 42.4. The summed E-state index contributed by atoms with van der Waals surface area (Å²) in [5.74, 6) is 1.38. The fraction of sp³-hybridized carbons (Fsp3) is 0.0820. The van der Waals surface area contributed by atoms with Crippen LogP contribution in [0.2, 0.25) is 0 Å². The Bertz CT molecular complexity index is 3360. The van der Waals surface area contributed by atoms with E-state index in [4.69, 9.17) is 9.97 Å². The molecule has 8 aromatic carbocycles. The van der Waals surface area contributed by atoms with Gasteiger partial charge in [-0.1, -0.05) is 188 Å². The van der Waals surface area contributed by atoms with Crippen LogP contribution in [0.25, 0.3) is 83.7 Å². The molecular weight excluding hydrogens is 775 g/mol. The Morgan fingerprint density at radius 2 is 1.12 bits per heavy atom. The molecule has 2 aromatic heterocycles. The first kappa shape index (κ1) is 37.8. The van der Waals surface area contributed by atoms with E-state index in [1.807, 2.05) is 24.3 Å². The number of nitrogens with zero attached hydrogens (tertiary/aromatic N) is 3. The lowest BCUT2D eigenvalue weighted by molar-refractivity contribution is 0.724. The minimum Gasteiger partial charge on any atom is -0.313 e. The molecule has 0 bridgehead atoms. The minimum atomic E-state index is 0.276. The van der Waals surface area contributed by atoms with Crippen molar-refractivity contribution in [1.82, 2.24) is 14.5 Å². The summed E-state index contributed by atoms with van der Waals surface area (Å²) in [7, 11) is 0. The highest BCUT2D eigenvalue weighted by atomic mass is 15.0. The van der Waals surface area contributed by atoms with E-state index >= 15 is 0 Å². The van der Waals surface area contributed by atoms with Gasteiger partial charge in [-0.25, -0.2) is 9.97 Å². The van der Waals surface area contributed by atoms with Gasteiger partial charge in [0.05, 0.1) is 22.4 Å². The highest BCUT2D eigenvalue weighted by Crippen LogP contribution is 2.44. The number of fused-ring (bicyclic) bond motifs is 6. The van der Waals surface area contributed by atoms with Crippen molar-refractivity contribution in [2.24, 2.45) is 0 Å². The van der Waals surface area contributed by atoms with Gasteiger partial charge in [0, 0.05) is 45.0 Å². The van der Waals surface area contributed by atoms with Gasteiger partial charge in [-0.05, 0) is 100 Å². The van der Waals surface area contributed by atoms with Gasteiger partial charge < -0.3 is 4.57 Å². The van der Waals surface area contributed by atoms with Crippen molar-refractivity contribution in [2.75, 3.05) is 0 Å². The van der Waals surface area contributed by atoms with Gasteiger partial charge in [-0.2, -0.15) is 0 Å². The Balaban J connectivity index is 0.876. The second-order valence-corrected chi connectivity index (χ2v) is 17.2. The summed E-state index contributed by atoms with van der Waals surface area (Å²) in [5.41, 5.74) is 19.4. The molecule has 0 aliphatic heterocycles. The molecule has 2 aliphatic rings. The monoisotopic (exact) mass is 819 g/mol. The van der Waals surface area contributed by atoms with Crippen LogP contribution in [-0.2, 0) is 6.42 Å². The number of aromatic nitrogens is 3. The van der Waals surface area contributed by atoms with Gasteiger partial charge in [0.2, 0.25) is 0 Å². The Hall–Kier alpha value is -7.88. The van der Waals surface area contributed by atoms with E-state index in [9.17, 15) is 0 Å². The third-order valence-electron chi connectivity index (χ3n) is 13.4. The van der Waals surface area contributed by atoms with Crippen LogP contribution in [0.4, 0.5) is 0 Å². The van der Waals surface area contributed by atoms with Gasteiger partial charge in [0.1, 0.15) is 0 Å². The third-order valence-corrected chi connectivity index (χ3v) is 13.4. The first-order valence-corrected chi connectivity index (χ1v) is 22.5. The summed E-state index contributed by atoms with van der Waals surface area (Å²) in [6.07, 6.45) is 10.1. The lowest BCUT2D eigenvalue weighted by Gasteiger charge is -2.22. The van der Waals surface area contributed by atoms with E-state index < -0.39 is 0 Å². The quantitative estimate of drug-likeness (QED) is 0.160. The van der Waals surface area contributed by atoms with Crippen LogP contribution in [-0.4, -0.2) is 14.5 Å². The molecule has 12 rings (SSSR count). The lowest BCUT2D eigenvalue weighted by atomic mass is 9.85. The van der Waals surface area contributed by atoms with Crippen LogP contribution in [0.15, 0.2) is 224 Å². The maximum Gasteiger partial charge on any atom is 0.160 e. The van der Waals surface area contributed by atoms with Crippen molar-refractivity contribution in [3.63, 3.8) is 0 Å². The van der Waals surface area contributed by atoms with Crippen molar-refractivity contribution in [1.29, 1.82) is 0 Å². The zero-order valence-electron chi connectivity index (χ0n) is 35.5. The molecule has 0 spiro atoms. The van der Waals surface area contributed by atoms with Crippen LogP contribution in [0, 0.1) is 0 Å². The normalized spacial score (nSPS) is 15.7. The summed E-state index contributed by atoms with van der Waals surface area (Å²) < 4.78 is 2.50. The number of aryl methyl sites for hydroxylation is 1. The van der Waals surface area contributed by atoms with Gasteiger partial charge in [-0.15, -0.1) is 0 Å². The van der Waals surface area contributed by atoms with Crippen LogP contribution in [0.5, 0.6) is 0 Å². The van der Waals surface area contributed by atoms with E-state index in [-0.39, 0.29) is 5.92 Å². The van der Waals surface area contributed by atoms with Crippen molar-refractivity contribution < 1.29 is 0 Å². The van der Waals surface area contributed by atoms with Crippen LogP contribution in [0.3, 0.4) is 0 Å². The minimum absolute atomic E-state index is 0.276. The van der Waals surface area contributed by atoms with Crippen LogP contribution in [0.1, 0.15) is 46.9 Å². The Labute approximate surface area is 374 Å². The first-order valence-electron chi connectivity index (χ1n) is 22.5. The number of rotatable bonds is 7. The molecule has 2 aliphatic carbocycles. The fourth-order valence-corrected chi connectivity index (χ4v) is 10.3. The molecule has 2 atom stereocenters. The summed E-state index contributed by atoms with van der Waals surface area (Å²) in [6, 6.07) is 74.8. The molecule has 64 heavy (non-hydrogen) atoms. The van der Waals surface area contributed by atoms with Crippen LogP contribution < -0.4 is 0 Å². The molecule has 3 nitrogen and oxygen atoms in total. The summed E-state index contributed by atoms with van der Waals surface area (Å²) in [5, 5.41) is 2.51. The molecule has 2 heterocycles. The molecule has 0 amide bonds. The Morgan fingerprint density at radius 1 is 0.453 bits per heavy atom. The highest BCUT2D eigenvalue weighted by molar-refractivity contribution is 6.11. The van der Waals surface area contributed by atoms with Crippen molar-refractivity contribution >= 4 is 27.5 Å². The molecule has 0 N–H and O–H groups in total. The average molecular weight is 820 g/mol. The van der Waals surface area contributed by atoms with Crippen molar-refractivity contribution in [3.8, 4) is 56.2 Å². The second kappa shape index (κ2) is 16.1. The number of hydrogen-bond donors (Lipinski definition) is 0. The standard InChI is InChI=1S/C61H45N3/c1-4-16-41(17-5-1)51-34-31-48-36-46(30-33-52(48)54-27-11-10-26-53(51)54)45-23-15-25-50(38-45)64-59-29-13-12-28-55(59)56-39-47(32-35-60(56)64)44-22-14-24-49(37-44)58-40-57(42-18-6-2-7-19-42)62-61(63-58)43-20-8-3-9-21-43/h1-30,32-33,35-37,39-40,45,51H,31,34,38H2. The molecule has 0 fully saturated rings.